The van der Waals surface area contributed by atoms with Gasteiger partial charge in [0.1, 0.15) is 6.67 Å². The molecule has 1 atom stereocenters. The number of alkyl halides is 1. The maximum atomic E-state index is 13.3. The number of nitrogens with zero attached hydrogens (tertiary/aromatic N) is 1. The topological polar surface area (TPSA) is 15.3 Å². The summed E-state index contributed by atoms with van der Waals surface area (Å²) >= 11 is 3.51. The number of piperazine rings is 1. The van der Waals surface area contributed by atoms with Crippen LogP contribution in [0, 0.1) is 6.92 Å². The number of hydrogen-bond acceptors (Lipinski definition) is 2. The number of benzene rings is 1. The highest BCUT2D eigenvalue weighted by Gasteiger charge is 2.22. The number of hydrogen-bond donors (Lipinski definition) is 1. The van der Waals surface area contributed by atoms with E-state index in [0.29, 0.717) is 0 Å². The van der Waals surface area contributed by atoms with Gasteiger partial charge in [0.15, 0.2) is 0 Å². The molecule has 0 unspecified atom stereocenters. The Morgan fingerprint density at radius 3 is 2.61 bits per heavy atom. The van der Waals surface area contributed by atoms with Crippen molar-refractivity contribution in [2.45, 2.75) is 13.0 Å². The molecule has 1 aliphatic rings. The van der Waals surface area contributed by atoms with Gasteiger partial charge in [0.25, 0.3) is 0 Å². The number of nitrogens with one attached hydrogen (secondary N) is 1. The second kappa shape index (κ2) is 7.43. The Labute approximate surface area is 122 Å². The molecule has 1 heterocycles. The Hall–Kier alpha value is -0.160. The van der Waals surface area contributed by atoms with Gasteiger partial charge >= 0.3 is 0 Å². The summed E-state index contributed by atoms with van der Waals surface area (Å²) in [5.41, 5.74) is 2.25. The Morgan fingerprint density at radius 2 is 2.06 bits per heavy atom. The fraction of sp³-hybridized carbons (Fsp3) is 0.538. The summed E-state index contributed by atoms with van der Waals surface area (Å²) in [6.45, 7) is 5.45. The lowest BCUT2D eigenvalue weighted by Gasteiger charge is -2.33. The summed E-state index contributed by atoms with van der Waals surface area (Å²) in [6.07, 6.45) is 0. The van der Waals surface area contributed by atoms with E-state index in [2.05, 4.69) is 26.1 Å². The Kier molecular flexibility index (Phi) is 6.57. The van der Waals surface area contributed by atoms with E-state index in [0.717, 1.165) is 36.2 Å². The van der Waals surface area contributed by atoms with Gasteiger partial charge in [0, 0.05) is 30.7 Å². The van der Waals surface area contributed by atoms with Gasteiger partial charge in [-0.1, -0.05) is 28.1 Å². The van der Waals surface area contributed by atoms with E-state index in [-0.39, 0.29) is 25.1 Å². The van der Waals surface area contributed by atoms with Crippen molar-refractivity contribution < 1.29 is 4.39 Å². The first kappa shape index (κ1) is 15.9. The number of halogens is 3. The molecule has 0 bridgehead atoms. The fourth-order valence-electron chi connectivity index (χ4n) is 2.21. The van der Waals surface area contributed by atoms with Gasteiger partial charge in [-0.15, -0.1) is 12.4 Å². The maximum absolute atomic E-state index is 13.3. The van der Waals surface area contributed by atoms with Gasteiger partial charge in [-0.25, -0.2) is 4.39 Å². The van der Waals surface area contributed by atoms with Gasteiger partial charge in [-0.2, -0.15) is 0 Å². The van der Waals surface area contributed by atoms with Crippen molar-refractivity contribution in [2.75, 3.05) is 32.9 Å². The van der Waals surface area contributed by atoms with Crippen molar-refractivity contribution in [3.8, 4) is 0 Å². The minimum atomic E-state index is -0.324. The predicted molar refractivity (Wildman–Crippen MR) is 79.3 cm³/mol. The normalized spacial score (nSPS) is 18.2. The van der Waals surface area contributed by atoms with Crippen LogP contribution >= 0.6 is 28.3 Å². The number of aryl methyl sites for hydroxylation is 1. The van der Waals surface area contributed by atoms with Gasteiger partial charge in [-0.05, 0) is 24.1 Å². The van der Waals surface area contributed by atoms with Crippen molar-refractivity contribution >= 4 is 28.3 Å². The summed E-state index contributed by atoms with van der Waals surface area (Å²) in [5.74, 6) is 0. The molecule has 1 aliphatic heterocycles. The first-order valence-corrected chi connectivity index (χ1v) is 6.78. The first-order valence-electron chi connectivity index (χ1n) is 5.99. The molecular weight excluding hydrogens is 319 g/mol. The smallest absolute Gasteiger partial charge is 0.109 e. The second-order valence-corrected chi connectivity index (χ2v) is 5.32. The Bertz CT molecular complexity index is 383. The van der Waals surface area contributed by atoms with E-state index in [9.17, 15) is 4.39 Å². The van der Waals surface area contributed by atoms with Crippen LogP contribution < -0.4 is 5.32 Å². The first-order chi connectivity index (χ1) is 8.22. The van der Waals surface area contributed by atoms with E-state index < -0.39 is 0 Å². The molecule has 0 aliphatic carbocycles. The van der Waals surface area contributed by atoms with Crippen LogP contribution in [-0.2, 0) is 0 Å². The Balaban J connectivity index is 0.00000162. The summed E-state index contributed by atoms with van der Waals surface area (Å²) in [6, 6.07) is 6.02. The van der Waals surface area contributed by atoms with Crippen molar-refractivity contribution in [2.24, 2.45) is 0 Å². The highest BCUT2D eigenvalue weighted by Crippen LogP contribution is 2.26. The number of rotatable bonds is 3. The molecule has 1 fully saturated rings. The molecule has 0 amide bonds. The average molecular weight is 338 g/mol. The standard InChI is InChI=1S/C13H18BrFN2.ClH/c1-10-2-3-11(8-12(10)14)13(9-15)17-6-4-16-5-7-17;/h2-3,8,13,16H,4-7,9H2,1H3;1H/t13-;/m1./s1. The summed E-state index contributed by atoms with van der Waals surface area (Å²) in [5, 5.41) is 3.29. The zero-order valence-corrected chi connectivity index (χ0v) is 12.9. The minimum absolute atomic E-state index is 0. The fourth-order valence-corrected chi connectivity index (χ4v) is 2.60. The molecule has 0 spiro atoms. The van der Waals surface area contributed by atoms with Crippen LogP contribution in [0.1, 0.15) is 17.2 Å². The molecule has 0 saturated carbocycles. The van der Waals surface area contributed by atoms with Gasteiger partial charge in [-0.3, -0.25) is 4.90 Å². The van der Waals surface area contributed by atoms with Crippen LogP contribution in [0.5, 0.6) is 0 Å². The van der Waals surface area contributed by atoms with Crippen LogP contribution in [0.2, 0.25) is 0 Å². The van der Waals surface area contributed by atoms with Crippen LogP contribution in [0.4, 0.5) is 4.39 Å². The molecule has 102 valence electrons. The highest BCUT2D eigenvalue weighted by atomic mass is 79.9. The Morgan fingerprint density at radius 1 is 1.39 bits per heavy atom. The van der Waals surface area contributed by atoms with Crippen LogP contribution in [0.3, 0.4) is 0 Å². The van der Waals surface area contributed by atoms with Gasteiger partial charge in [0.05, 0.1) is 6.04 Å². The lowest BCUT2D eigenvalue weighted by Crippen LogP contribution is -2.45. The molecule has 2 rings (SSSR count). The lowest BCUT2D eigenvalue weighted by molar-refractivity contribution is 0.147. The van der Waals surface area contributed by atoms with E-state index in [1.54, 1.807) is 0 Å². The van der Waals surface area contributed by atoms with Crippen molar-refractivity contribution in [3.63, 3.8) is 0 Å². The summed E-state index contributed by atoms with van der Waals surface area (Å²) in [7, 11) is 0. The van der Waals surface area contributed by atoms with Crippen LogP contribution in [0.15, 0.2) is 22.7 Å². The van der Waals surface area contributed by atoms with Gasteiger partial charge in [0.2, 0.25) is 0 Å². The van der Waals surface area contributed by atoms with Crippen LogP contribution in [0.25, 0.3) is 0 Å². The van der Waals surface area contributed by atoms with Gasteiger partial charge < -0.3 is 5.32 Å². The predicted octanol–water partition coefficient (Wildman–Crippen LogP) is 3.10. The zero-order valence-electron chi connectivity index (χ0n) is 10.5. The molecule has 1 aromatic rings. The average Bonchev–Trinajstić information content (AvgIpc) is 2.36. The third-order valence-electron chi connectivity index (χ3n) is 3.32. The highest BCUT2D eigenvalue weighted by molar-refractivity contribution is 9.10. The molecule has 1 N–H and O–H groups in total. The monoisotopic (exact) mass is 336 g/mol. The zero-order chi connectivity index (χ0) is 12.3. The van der Waals surface area contributed by atoms with Crippen molar-refractivity contribution in [1.29, 1.82) is 0 Å². The summed E-state index contributed by atoms with van der Waals surface area (Å²) < 4.78 is 14.3. The lowest BCUT2D eigenvalue weighted by atomic mass is 10.0. The third-order valence-corrected chi connectivity index (χ3v) is 4.17. The third kappa shape index (κ3) is 3.67. The molecule has 0 aromatic heterocycles. The molecule has 1 saturated heterocycles. The molecular formula is C13H19BrClFN2. The molecule has 1 aromatic carbocycles. The summed E-state index contributed by atoms with van der Waals surface area (Å²) in [4.78, 5) is 2.22. The molecule has 5 heteroatoms. The molecule has 0 radical (unpaired) electrons. The SMILES string of the molecule is Cc1ccc([C@@H](CF)N2CCNCC2)cc1Br.Cl. The second-order valence-electron chi connectivity index (χ2n) is 4.46. The van der Waals surface area contributed by atoms with Crippen LogP contribution in [-0.4, -0.2) is 37.8 Å². The van der Waals surface area contributed by atoms with E-state index in [1.165, 1.54) is 5.56 Å². The molecule has 18 heavy (non-hydrogen) atoms. The van der Waals surface area contributed by atoms with E-state index in [4.69, 9.17) is 0 Å². The quantitative estimate of drug-likeness (QED) is 0.912. The van der Waals surface area contributed by atoms with Crippen molar-refractivity contribution in [1.82, 2.24) is 10.2 Å². The van der Waals surface area contributed by atoms with E-state index >= 15 is 0 Å². The maximum Gasteiger partial charge on any atom is 0.109 e. The van der Waals surface area contributed by atoms with Crippen molar-refractivity contribution in [3.05, 3.63) is 33.8 Å². The molecule has 2 nitrogen and oxygen atoms in total. The minimum Gasteiger partial charge on any atom is -0.314 e. The van der Waals surface area contributed by atoms with E-state index in [1.807, 2.05) is 25.1 Å². The largest absolute Gasteiger partial charge is 0.314 e.